The number of rotatable bonds is 5. The van der Waals surface area contributed by atoms with Crippen LogP contribution in [0.25, 0.3) is 10.8 Å². The summed E-state index contributed by atoms with van der Waals surface area (Å²) in [5, 5.41) is 14.8. The van der Waals surface area contributed by atoms with Crippen LogP contribution < -0.4 is 5.32 Å². The van der Waals surface area contributed by atoms with Gasteiger partial charge in [-0.15, -0.1) is 0 Å². The lowest BCUT2D eigenvalue weighted by Crippen LogP contribution is -2.49. The van der Waals surface area contributed by atoms with Gasteiger partial charge in [-0.3, -0.25) is 9.69 Å². The molecule has 134 valence electrons. The third-order valence-electron chi connectivity index (χ3n) is 5.47. The van der Waals surface area contributed by atoms with E-state index in [0.29, 0.717) is 5.92 Å². The molecular weight excluding hydrogens is 312 g/mol. The van der Waals surface area contributed by atoms with E-state index >= 15 is 0 Å². The highest BCUT2D eigenvalue weighted by Crippen LogP contribution is 2.22. The highest BCUT2D eigenvalue weighted by Gasteiger charge is 2.27. The second kappa shape index (κ2) is 7.98. The van der Waals surface area contributed by atoms with Crippen LogP contribution in [0.5, 0.6) is 0 Å². The molecule has 0 saturated carbocycles. The number of carbonyl (C=O) groups excluding carboxylic acids is 1. The van der Waals surface area contributed by atoms with Gasteiger partial charge in [0.15, 0.2) is 0 Å². The summed E-state index contributed by atoms with van der Waals surface area (Å²) in [6.07, 6.45) is 1.93. The Bertz CT molecular complexity index is 723. The van der Waals surface area contributed by atoms with Crippen molar-refractivity contribution >= 4 is 16.7 Å². The largest absolute Gasteiger partial charge is 0.396 e. The molecule has 4 heteroatoms. The van der Waals surface area contributed by atoms with Crippen molar-refractivity contribution in [1.82, 2.24) is 10.2 Å². The van der Waals surface area contributed by atoms with Crippen LogP contribution in [0.1, 0.15) is 38.3 Å². The zero-order chi connectivity index (χ0) is 17.8. The van der Waals surface area contributed by atoms with E-state index in [1.54, 1.807) is 0 Å². The van der Waals surface area contributed by atoms with Gasteiger partial charge in [-0.25, -0.2) is 0 Å². The molecule has 2 N–H and O–H groups in total. The first kappa shape index (κ1) is 17.9. The van der Waals surface area contributed by atoms with Gasteiger partial charge in [0.05, 0.1) is 12.1 Å². The molecule has 1 aliphatic heterocycles. The number of nitrogens with zero attached hydrogens (tertiary/aromatic N) is 1. The molecule has 0 bridgehead atoms. The Balaban J connectivity index is 1.61. The third kappa shape index (κ3) is 4.20. The number of hydrogen-bond acceptors (Lipinski definition) is 3. The van der Waals surface area contributed by atoms with Crippen LogP contribution in [0.15, 0.2) is 42.5 Å². The molecular formula is C21H28N2O2. The summed E-state index contributed by atoms with van der Waals surface area (Å²) in [5.41, 5.74) is 1.12. The normalized spacial score (nSPS) is 18.8. The first-order chi connectivity index (χ1) is 12.1. The van der Waals surface area contributed by atoms with Crippen LogP contribution in [-0.4, -0.2) is 41.7 Å². The summed E-state index contributed by atoms with van der Waals surface area (Å²) in [6.45, 7) is 6.02. The highest BCUT2D eigenvalue weighted by atomic mass is 16.3. The van der Waals surface area contributed by atoms with Crippen molar-refractivity contribution < 1.29 is 9.90 Å². The van der Waals surface area contributed by atoms with Crippen LogP contribution in [0.4, 0.5) is 0 Å². The van der Waals surface area contributed by atoms with Crippen LogP contribution in [0, 0.1) is 5.92 Å². The van der Waals surface area contributed by atoms with E-state index in [9.17, 15) is 9.90 Å². The number of hydrogen-bond donors (Lipinski definition) is 2. The highest BCUT2D eigenvalue weighted by molar-refractivity contribution is 5.84. The summed E-state index contributed by atoms with van der Waals surface area (Å²) >= 11 is 0. The van der Waals surface area contributed by atoms with E-state index in [4.69, 9.17) is 0 Å². The number of likely N-dealkylation sites (tertiary alicyclic amines) is 1. The Labute approximate surface area is 149 Å². The van der Waals surface area contributed by atoms with E-state index in [2.05, 4.69) is 40.5 Å². The number of carbonyl (C=O) groups is 1. The van der Waals surface area contributed by atoms with E-state index < -0.39 is 0 Å². The van der Waals surface area contributed by atoms with Crippen LogP contribution in [-0.2, 0) is 4.79 Å². The lowest BCUT2D eigenvalue weighted by atomic mass is 9.96. The average Bonchev–Trinajstić information content (AvgIpc) is 2.67. The molecule has 2 aromatic rings. The van der Waals surface area contributed by atoms with Gasteiger partial charge >= 0.3 is 0 Å². The average molecular weight is 340 g/mol. The zero-order valence-corrected chi connectivity index (χ0v) is 15.1. The molecule has 0 aromatic heterocycles. The van der Waals surface area contributed by atoms with Crippen LogP contribution in [0.3, 0.4) is 0 Å². The Kier molecular flexibility index (Phi) is 5.71. The van der Waals surface area contributed by atoms with Gasteiger partial charge < -0.3 is 10.4 Å². The maximum atomic E-state index is 12.6. The summed E-state index contributed by atoms with van der Waals surface area (Å²) < 4.78 is 0. The number of amides is 1. The molecule has 0 aliphatic carbocycles. The molecule has 1 aliphatic rings. The Morgan fingerprint density at radius 3 is 2.52 bits per heavy atom. The van der Waals surface area contributed by atoms with Gasteiger partial charge in [-0.2, -0.15) is 0 Å². The molecule has 2 aromatic carbocycles. The van der Waals surface area contributed by atoms with E-state index in [1.807, 2.05) is 26.0 Å². The number of benzene rings is 2. The standard InChI is InChI=1S/C21H28N2O2/c1-15(19-8-7-18-5-3-4-6-20(18)13-19)22-21(25)16(2)23-11-9-17(14-24)10-12-23/h3-8,13,15-17,24H,9-12,14H2,1-2H3,(H,22,25). The maximum absolute atomic E-state index is 12.6. The van der Waals surface area contributed by atoms with Gasteiger partial charge in [0.25, 0.3) is 0 Å². The summed E-state index contributed by atoms with van der Waals surface area (Å²) in [7, 11) is 0. The van der Waals surface area contributed by atoms with Gasteiger partial charge in [0.1, 0.15) is 0 Å². The Hall–Kier alpha value is -1.91. The minimum absolute atomic E-state index is 0.0189. The molecule has 3 rings (SSSR count). The molecule has 1 amide bonds. The lowest BCUT2D eigenvalue weighted by Gasteiger charge is -2.35. The van der Waals surface area contributed by atoms with Gasteiger partial charge in [0, 0.05) is 6.61 Å². The van der Waals surface area contributed by atoms with Gasteiger partial charge in [-0.1, -0.05) is 36.4 Å². The van der Waals surface area contributed by atoms with Crippen molar-refractivity contribution in [2.45, 2.75) is 38.8 Å². The molecule has 2 unspecified atom stereocenters. The molecule has 0 spiro atoms. The lowest BCUT2D eigenvalue weighted by molar-refractivity contribution is -0.127. The summed E-state index contributed by atoms with van der Waals surface area (Å²) in [5.74, 6) is 0.464. The fraction of sp³-hybridized carbons (Fsp3) is 0.476. The molecule has 4 nitrogen and oxygen atoms in total. The second-order valence-corrected chi connectivity index (χ2v) is 7.17. The smallest absolute Gasteiger partial charge is 0.237 e. The Morgan fingerprint density at radius 2 is 1.84 bits per heavy atom. The fourth-order valence-corrected chi connectivity index (χ4v) is 3.58. The first-order valence-electron chi connectivity index (χ1n) is 9.22. The first-order valence-corrected chi connectivity index (χ1v) is 9.22. The monoisotopic (exact) mass is 340 g/mol. The predicted octanol–water partition coefficient (Wildman–Crippen LogP) is 3.11. The molecule has 25 heavy (non-hydrogen) atoms. The third-order valence-corrected chi connectivity index (χ3v) is 5.47. The Morgan fingerprint density at radius 1 is 1.16 bits per heavy atom. The topological polar surface area (TPSA) is 52.6 Å². The van der Waals surface area contributed by atoms with Crippen molar-refractivity contribution in [2.24, 2.45) is 5.92 Å². The second-order valence-electron chi connectivity index (χ2n) is 7.17. The predicted molar refractivity (Wildman–Crippen MR) is 101 cm³/mol. The van der Waals surface area contributed by atoms with E-state index in [1.165, 1.54) is 10.8 Å². The van der Waals surface area contributed by atoms with Crippen molar-refractivity contribution in [3.8, 4) is 0 Å². The molecule has 1 heterocycles. The number of fused-ring (bicyclic) bond motifs is 1. The van der Waals surface area contributed by atoms with Gasteiger partial charge in [-0.05, 0) is 68.1 Å². The summed E-state index contributed by atoms with van der Waals surface area (Å²) in [6, 6.07) is 14.5. The zero-order valence-electron chi connectivity index (χ0n) is 15.1. The maximum Gasteiger partial charge on any atom is 0.237 e. The van der Waals surface area contributed by atoms with Crippen LogP contribution >= 0.6 is 0 Å². The molecule has 0 radical (unpaired) electrons. The molecule has 1 saturated heterocycles. The summed E-state index contributed by atoms with van der Waals surface area (Å²) in [4.78, 5) is 14.9. The van der Waals surface area contributed by atoms with Gasteiger partial charge in [0.2, 0.25) is 5.91 Å². The van der Waals surface area contributed by atoms with E-state index in [-0.39, 0.29) is 24.6 Å². The number of piperidine rings is 1. The number of aliphatic hydroxyl groups excluding tert-OH is 1. The minimum atomic E-state index is -0.137. The quantitative estimate of drug-likeness (QED) is 0.879. The SMILES string of the molecule is CC(NC(=O)C(C)N1CCC(CO)CC1)c1ccc2ccccc2c1. The number of aliphatic hydroxyl groups is 1. The van der Waals surface area contributed by atoms with Crippen molar-refractivity contribution in [1.29, 1.82) is 0 Å². The van der Waals surface area contributed by atoms with Crippen LogP contribution in [0.2, 0.25) is 0 Å². The molecule has 2 atom stereocenters. The minimum Gasteiger partial charge on any atom is -0.396 e. The molecule has 1 fully saturated rings. The fourth-order valence-electron chi connectivity index (χ4n) is 3.58. The van der Waals surface area contributed by atoms with E-state index in [0.717, 1.165) is 31.5 Å². The van der Waals surface area contributed by atoms with Crippen molar-refractivity contribution in [2.75, 3.05) is 19.7 Å². The number of nitrogens with one attached hydrogen (secondary N) is 1. The van der Waals surface area contributed by atoms with Crippen molar-refractivity contribution in [3.63, 3.8) is 0 Å². The van der Waals surface area contributed by atoms with Crippen molar-refractivity contribution in [3.05, 3.63) is 48.0 Å².